The number of hydrogen-bond acceptors (Lipinski definition) is 1. The third-order valence-corrected chi connectivity index (χ3v) is 3.86. The molecule has 0 heterocycles. The molecule has 2 rings (SSSR count). The fourth-order valence-electron chi connectivity index (χ4n) is 2.90. The quantitative estimate of drug-likeness (QED) is 0.838. The zero-order valence-corrected chi connectivity index (χ0v) is 13.3. The van der Waals surface area contributed by atoms with Crippen molar-refractivity contribution in [2.45, 2.75) is 46.2 Å². The molecule has 0 aliphatic rings. The molecule has 1 nitrogen and oxygen atoms in total. The predicted molar refractivity (Wildman–Crippen MR) is 87.0 cm³/mol. The van der Waals surface area contributed by atoms with E-state index in [1.54, 1.807) is 12.1 Å². The van der Waals surface area contributed by atoms with Gasteiger partial charge in [-0.1, -0.05) is 35.9 Å². The van der Waals surface area contributed by atoms with Gasteiger partial charge >= 0.3 is 0 Å². The second kappa shape index (κ2) is 6.86. The molecule has 0 bridgehead atoms. The number of hydrogen-bond donors (Lipinski definition) is 1. The third kappa shape index (κ3) is 4.40. The smallest absolute Gasteiger partial charge is 0.123 e. The Morgan fingerprint density at radius 1 is 1.05 bits per heavy atom. The van der Waals surface area contributed by atoms with Crippen LogP contribution < -0.4 is 5.32 Å². The van der Waals surface area contributed by atoms with Gasteiger partial charge in [0.25, 0.3) is 0 Å². The summed E-state index contributed by atoms with van der Waals surface area (Å²) in [6, 6.07) is 14.0. The summed E-state index contributed by atoms with van der Waals surface area (Å²) in [5.41, 5.74) is 4.96. The average Bonchev–Trinajstić information content (AvgIpc) is 2.38. The van der Waals surface area contributed by atoms with E-state index in [-0.39, 0.29) is 11.9 Å². The lowest BCUT2D eigenvalue weighted by Crippen LogP contribution is -2.31. The van der Waals surface area contributed by atoms with Crippen molar-refractivity contribution in [1.29, 1.82) is 0 Å². The fourth-order valence-corrected chi connectivity index (χ4v) is 2.90. The maximum Gasteiger partial charge on any atom is 0.123 e. The zero-order chi connectivity index (χ0) is 15.4. The molecule has 2 atom stereocenters. The van der Waals surface area contributed by atoms with E-state index in [9.17, 15) is 4.39 Å². The Morgan fingerprint density at radius 3 is 2.48 bits per heavy atom. The topological polar surface area (TPSA) is 12.0 Å². The van der Waals surface area contributed by atoms with Gasteiger partial charge in [-0.05, 0) is 62.9 Å². The van der Waals surface area contributed by atoms with E-state index in [0.29, 0.717) is 6.04 Å². The summed E-state index contributed by atoms with van der Waals surface area (Å²) in [4.78, 5) is 0. The minimum atomic E-state index is -0.165. The molecule has 2 unspecified atom stereocenters. The lowest BCUT2D eigenvalue weighted by molar-refractivity contribution is 0.475. The van der Waals surface area contributed by atoms with E-state index in [1.165, 1.54) is 22.8 Å². The van der Waals surface area contributed by atoms with Crippen LogP contribution in [0.3, 0.4) is 0 Å². The Morgan fingerprint density at radius 2 is 1.81 bits per heavy atom. The summed E-state index contributed by atoms with van der Waals surface area (Å²) in [5.74, 6) is -0.165. The average molecular weight is 285 g/mol. The SMILES string of the molecule is Cc1ccc(C(C)NC(C)Cc2cccc(F)c2)c(C)c1. The number of rotatable bonds is 5. The molecule has 0 amide bonds. The molecule has 21 heavy (non-hydrogen) atoms. The van der Waals surface area contributed by atoms with Crippen LogP contribution in [-0.4, -0.2) is 6.04 Å². The van der Waals surface area contributed by atoms with Gasteiger partial charge in [0.1, 0.15) is 5.82 Å². The maximum atomic E-state index is 13.2. The Bertz CT molecular complexity index is 606. The van der Waals surface area contributed by atoms with Crippen molar-refractivity contribution in [3.63, 3.8) is 0 Å². The molecule has 112 valence electrons. The summed E-state index contributed by atoms with van der Waals surface area (Å²) < 4.78 is 13.2. The number of aryl methyl sites for hydroxylation is 2. The van der Waals surface area contributed by atoms with Gasteiger partial charge in [0.05, 0.1) is 0 Å². The predicted octanol–water partition coefficient (Wildman–Crippen LogP) is 4.72. The van der Waals surface area contributed by atoms with Crippen LogP contribution in [-0.2, 0) is 6.42 Å². The molecule has 0 aromatic heterocycles. The van der Waals surface area contributed by atoms with Gasteiger partial charge in [-0.3, -0.25) is 0 Å². The highest BCUT2D eigenvalue weighted by Crippen LogP contribution is 2.19. The summed E-state index contributed by atoms with van der Waals surface area (Å²) >= 11 is 0. The van der Waals surface area contributed by atoms with E-state index in [2.05, 4.69) is 51.2 Å². The van der Waals surface area contributed by atoms with Crippen LogP contribution in [0, 0.1) is 19.7 Å². The molecule has 0 saturated carbocycles. The van der Waals surface area contributed by atoms with Gasteiger partial charge in [0.15, 0.2) is 0 Å². The molecule has 1 N–H and O–H groups in total. The van der Waals surface area contributed by atoms with Crippen molar-refractivity contribution < 1.29 is 4.39 Å². The first-order valence-electron chi connectivity index (χ1n) is 7.53. The molecule has 0 aliphatic heterocycles. The Hall–Kier alpha value is -1.67. The number of benzene rings is 2. The van der Waals surface area contributed by atoms with E-state index in [4.69, 9.17) is 0 Å². The molecule has 2 heteroatoms. The second-order valence-corrected chi connectivity index (χ2v) is 5.98. The van der Waals surface area contributed by atoms with E-state index < -0.39 is 0 Å². The first-order valence-corrected chi connectivity index (χ1v) is 7.53. The van der Waals surface area contributed by atoms with Crippen molar-refractivity contribution in [3.8, 4) is 0 Å². The van der Waals surface area contributed by atoms with Crippen molar-refractivity contribution >= 4 is 0 Å². The number of nitrogens with one attached hydrogen (secondary N) is 1. The van der Waals surface area contributed by atoms with E-state index in [0.717, 1.165) is 12.0 Å². The number of halogens is 1. The summed E-state index contributed by atoms with van der Waals surface area (Å²) in [7, 11) is 0. The van der Waals surface area contributed by atoms with Crippen LogP contribution in [0.4, 0.5) is 4.39 Å². The highest BCUT2D eigenvalue weighted by atomic mass is 19.1. The summed E-state index contributed by atoms with van der Waals surface area (Å²) in [6.07, 6.45) is 0.826. The first-order chi connectivity index (χ1) is 9.95. The lowest BCUT2D eigenvalue weighted by atomic mass is 9.99. The summed E-state index contributed by atoms with van der Waals surface area (Å²) in [5, 5.41) is 3.60. The van der Waals surface area contributed by atoms with Crippen molar-refractivity contribution in [2.75, 3.05) is 0 Å². The molecule has 0 radical (unpaired) electrons. The van der Waals surface area contributed by atoms with Gasteiger partial charge in [-0.15, -0.1) is 0 Å². The first kappa shape index (κ1) is 15.7. The summed E-state index contributed by atoms with van der Waals surface area (Å²) in [6.45, 7) is 8.59. The molecular formula is C19H24FN. The van der Waals surface area contributed by atoms with Crippen LogP contribution in [0.5, 0.6) is 0 Å². The van der Waals surface area contributed by atoms with Gasteiger partial charge in [0, 0.05) is 12.1 Å². The molecule has 0 aliphatic carbocycles. The lowest BCUT2D eigenvalue weighted by Gasteiger charge is -2.22. The minimum Gasteiger partial charge on any atom is -0.307 e. The van der Waals surface area contributed by atoms with Crippen LogP contribution >= 0.6 is 0 Å². The van der Waals surface area contributed by atoms with Crippen molar-refractivity contribution in [2.24, 2.45) is 0 Å². The highest BCUT2D eigenvalue weighted by molar-refractivity contribution is 5.32. The van der Waals surface area contributed by atoms with Gasteiger partial charge in [-0.2, -0.15) is 0 Å². The van der Waals surface area contributed by atoms with Gasteiger partial charge in [-0.25, -0.2) is 4.39 Å². The maximum absolute atomic E-state index is 13.2. The van der Waals surface area contributed by atoms with Gasteiger partial charge in [0.2, 0.25) is 0 Å². The normalized spacial score (nSPS) is 14.0. The molecule has 2 aromatic rings. The molecule has 2 aromatic carbocycles. The Labute approximate surface area is 127 Å². The molecule has 0 saturated heterocycles. The fraction of sp³-hybridized carbons (Fsp3) is 0.368. The molecular weight excluding hydrogens is 261 g/mol. The van der Waals surface area contributed by atoms with E-state index >= 15 is 0 Å². The zero-order valence-electron chi connectivity index (χ0n) is 13.3. The van der Waals surface area contributed by atoms with Crippen LogP contribution in [0.2, 0.25) is 0 Å². The Balaban J connectivity index is 2.00. The highest BCUT2D eigenvalue weighted by Gasteiger charge is 2.12. The van der Waals surface area contributed by atoms with Crippen molar-refractivity contribution in [3.05, 3.63) is 70.5 Å². The van der Waals surface area contributed by atoms with Crippen LogP contribution in [0.25, 0.3) is 0 Å². The second-order valence-electron chi connectivity index (χ2n) is 5.98. The minimum absolute atomic E-state index is 0.165. The van der Waals surface area contributed by atoms with E-state index in [1.807, 2.05) is 6.07 Å². The molecule has 0 spiro atoms. The van der Waals surface area contributed by atoms with Crippen molar-refractivity contribution in [1.82, 2.24) is 5.32 Å². The third-order valence-electron chi connectivity index (χ3n) is 3.86. The Kier molecular flexibility index (Phi) is 5.13. The van der Waals surface area contributed by atoms with Gasteiger partial charge < -0.3 is 5.32 Å². The monoisotopic (exact) mass is 285 g/mol. The molecule has 0 fully saturated rings. The van der Waals surface area contributed by atoms with Crippen LogP contribution in [0.15, 0.2) is 42.5 Å². The largest absolute Gasteiger partial charge is 0.307 e. The standard InChI is InChI=1S/C19H24FN/c1-13-8-9-19(14(2)10-13)16(4)21-15(3)11-17-6-5-7-18(20)12-17/h5-10,12,15-16,21H,11H2,1-4H3. The van der Waals surface area contributed by atoms with Crippen LogP contribution in [0.1, 0.15) is 42.1 Å².